The van der Waals surface area contributed by atoms with Crippen LogP contribution in [0, 0.1) is 0 Å². The Bertz CT molecular complexity index is 453. The molecule has 0 amide bonds. The first-order chi connectivity index (χ1) is 8.25. The number of hydrogen-bond acceptors (Lipinski definition) is 3. The maximum absolute atomic E-state index is 9.92. The predicted octanol–water partition coefficient (Wildman–Crippen LogP) is 1.24. The highest BCUT2D eigenvalue weighted by molar-refractivity contribution is 5.17. The van der Waals surface area contributed by atoms with Crippen molar-refractivity contribution in [2.75, 3.05) is 6.54 Å². The highest BCUT2D eigenvalue weighted by atomic mass is 16.3. The van der Waals surface area contributed by atoms with Crippen LogP contribution in [0.2, 0.25) is 0 Å². The lowest BCUT2D eigenvalue weighted by Crippen LogP contribution is -2.21. The Morgan fingerprint density at radius 3 is 2.71 bits per heavy atom. The fraction of sp³-hybridized carbons (Fsp3) is 0.308. The van der Waals surface area contributed by atoms with Crippen molar-refractivity contribution < 1.29 is 5.11 Å². The lowest BCUT2D eigenvalue weighted by molar-refractivity contribution is 0.174. The number of nitrogens with zero attached hydrogens (tertiary/aromatic N) is 2. The number of benzene rings is 1. The van der Waals surface area contributed by atoms with Gasteiger partial charge in [0.25, 0.3) is 0 Å². The van der Waals surface area contributed by atoms with E-state index < -0.39 is 6.10 Å². The minimum atomic E-state index is -0.472. The van der Waals surface area contributed by atoms with Gasteiger partial charge >= 0.3 is 0 Å². The van der Waals surface area contributed by atoms with Gasteiger partial charge in [0.2, 0.25) is 0 Å². The molecule has 1 aromatic heterocycles. The second-order valence-electron chi connectivity index (χ2n) is 4.04. The zero-order valence-corrected chi connectivity index (χ0v) is 9.87. The standard InChI is InChI=1S/C13H17N3O/c1-16-8-7-12(15-16)9-14-10-13(17)11-5-3-2-4-6-11/h2-8,13-14,17H,9-10H2,1H3. The van der Waals surface area contributed by atoms with Gasteiger partial charge in [-0.2, -0.15) is 5.10 Å². The molecule has 2 aromatic rings. The van der Waals surface area contributed by atoms with Gasteiger partial charge in [0.15, 0.2) is 0 Å². The van der Waals surface area contributed by atoms with Crippen LogP contribution < -0.4 is 5.32 Å². The molecule has 0 aliphatic heterocycles. The van der Waals surface area contributed by atoms with Crippen LogP contribution in [-0.4, -0.2) is 21.4 Å². The van der Waals surface area contributed by atoms with Gasteiger partial charge < -0.3 is 10.4 Å². The monoisotopic (exact) mass is 231 g/mol. The number of aliphatic hydroxyl groups excluding tert-OH is 1. The Morgan fingerprint density at radius 2 is 2.06 bits per heavy atom. The van der Waals surface area contributed by atoms with Gasteiger partial charge in [-0.25, -0.2) is 0 Å². The summed E-state index contributed by atoms with van der Waals surface area (Å²) in [4.78, 5) is 0. The third kappa shape index (κ3) is 3.41. The van der Waals surface area contributed by atoms with Crippen molar-refractivity contribution in [3.05, 3.63) is 53.9 Å². The maximum atomic E-state index is 9.92. The zero-order chi connectivity index (χ0) is 12.1. The van der Waals surface area contributed by atoms with E-state index in [1.54, 1.807) is 4.68 Å². The van der Waals surface area contributed by atoms with Crippen molar-refractivity contribution in [1.82, 2.24) is 15.1 Å². The minimum absolute atomic E-state index is 0.472. The Labute approximate surface area is 101 Å². The lowest BCUT2D eigenvalue weighted by atomic mass is 10.1. The van der Waals surface area contributed by atoms with E-state index in [0.29, 0.717) is 13.1 Å². The topological polar surface area (TPSA) is 50.1 Å². The van der Waals surface area contributed by atoms with Crippen molar-refractivity contribution in [3.63, 3.8) is 0 Å². The van der Waals surface area contributed by atoms with E-state index in [4.69, 9.17) is 0 Å². The van der Waals surface area contributed by atoms with Crippen molar-refractivity contribution in [3.8, 4) is 0 Å². The van der Waals surface area contributed by atoms with E-state index >= 15 is 0 Å². The van der Waals surface area contributed by atoms with Crippen LogP contribution in [0.5, 0.6) is 0 Å². The summed E-state index contributed by atoms with van der Waals surface area (Å²) in [5, 5.41) is 17.4. The van der Waals surface area contributed by atoms with Crippen molar-refractivity contribution in [2.24, 2.45) is 7.05 Å². The third-order valence-corrected chi connectivity index (χ3v) is 2.60. The first-order valence-corrected chi connectivity index (χ1v) is 5.68. The molecule has 0 spiro atoms. The molecule has 1 heterocycles. The van der Waals surface area contributed by atoms with E-state index in [1.165, 1.54) is 0 Å². The summed E-state index contributed by atoms with van der Waals surface area (Å²) in [5.74, 6) is 0. The number of aryl methyl sites for hydroxylation is 1. The molecule has 1 atom stereocenters. The molecule has 2 rings (SSSR count). The highest BCUT2D eigenvalue weighted by Gasteiger charge is 2.06. The second kappa shape index (κ2) is 5.61. The zero-order valence-electron chi connectivity index (χ0n) is 9.87. The Kier molecular flexibility index (Phi) is 3.90. The first-order valence-electron chi connectivity index (χ1n) is 5.68. The number of rotatable bonds is 5. The van der Waals surface area contributed by atoms with E-state index in [0.717, 1.165) is 11.3 Å². The molecule has 4 heteroatoms. The smallest absolute Gasteiger partial charge is 0.0914 e. The Morgan fingerprint density at radius 1 is 1.29 bits per heavy atom. The minimum Gasteiger partial charge on any atom is -0.387 e. The molecular weight excluding hydrogens is 214 g/mol. The van der Waals surface area contributed by atoms with Crippen LogP contribution in [0.4, 0.5) is 0 Å². The van der Waals surface area contributed by atoms with E-state index in [1.807, 2.05) is 49.6 Å². The lowest BCUT2D eigenvalue weighted by Gasteiger charge is -2.11. The average molecular weight is 231 g/mol. The molecule has 0 saturated carbocycles. The highest BCUT2D eigenvalue weighted by Crippen LogP contribution is 2.10. The van der Waals surface area contributed by atoms with E-state index in [-0.39, 0.29) is 0 Å². The summed E-state index contributed by atoms with van der Waals surface area (Å²) in [6.45, 7) is 1.20. The van der Waals surface area contributed by atoms with Gasteiger partial charge in [0, 0.05) is 26.3 Å². The Hall–Kier alpha value is -1.65. The van der Waals surface area contributed by atoms with Crippen LogP contribution in [0.25, 0.3) is 0 Å². The second-order valence-corrected chi connectivity index (χ2v) is 4.04. The molecule has 0 saturated heterocycles. The summed E-state index contributed by atoms with van der Waals surface area (Å²) >= 11 is 0. The molecular formula is C13H17N3O. The number of aliphatic hydroxyl groups is 1. The summed E-state index contributed by atoms with van der Waals surface area (Å²) in [6.07, 6.45) is 1.44. The van der Waals surface area contributed by atoms with E-state index in [2.05, 4.69) is 10.4 Å². The largest absolute Gasteiger partial charge is 0.387 e. The van der Waals surface area contributed by atoms with Gasteiger partial charge in [0.05, 0.1) is 11.8 Å². The van der Waals surface area contributed by atoms with Crippen molar-refractivity contribution in [1.29, 1.82) is 0 Å². The Balaban J connectivity index is 1.79. The molecule has 0 fully saturated rings. The quantitative estimate of drug-likeness (QED) is 0.814. The third-order valence-electron chi connectivity index (χ3n) is 2.60. The summed E-state index contributed by atoms with van der Waals surface area (Å²) in [7, 11) is 1.89. The van der Waals surface area contributed by atoms with Gasteiger partial charge in [-0.1, -0.05) is 30.3 Å². The fourth-order valence-electron chi connectivity index (χ4n) is 1.69. The number of hydrogen-bond donors (Lipinski definition) is 2. The summed E-state index contributed by atoms with van der Waals surface area (Å²) in [6, 6.07) is 11.6. The molecule has 0 radical (unpaired) electrons. The number of nitrogens with one attached hydrogen (secondary N) is 1. The summed E-state index contributed by atoms with van der Waals surface area (Å²) < 4.78 is 1.77. The van der Waals surface area contributed by atoms with Crippen molar-refractivity contribution in [2.45, 2.75) is 12.6 Å². The van der Waals surface area contributed by atoms with Crippen LogP contribution in [-0.2, 0) is 13.6 Å². The van der Waals surface area contributed by atoms with Crippen LogP contribution in [0.15, 0.2) is 42.6 Å². The van der Waals surface area contributed by atoms with Gasteiger partial charge in [0.1, 0.15) is 0 Å². The first kappa shape index (κ1) is 11.8. The summed E-state index contributed by atoms with van der Waals surface area (Å²) in [5.41, 5.74) is 1.91. The molecule has 90 valence electrons. The van der Waals surface area contributed by atoms with E-state index in [9.17, 15) is 5.11 Å². The van der Waals surface area contributed by atoms with Gasteiger partial charge in [-0.05, 0) is 11.6 Å². The fourth-order valence-corrected chi connectivity index (χ4v) is 1.69. The SMILES string of the molecule is Cn1ccc(CNCC(O)c2ccccc2)n1. The number of aromatic nitrogens is 2. The molecule has 0 aliphatic carbocycles. The molecule has 2 N–H and O–H groups in total. The van der Waals surface area contributed by atoms with Crippen LogP contribution >= 0.6 is 0 Å². The molecule has 0 aliphatic rings. The van der Waals surface area contributed by atoms with Crippen molar-refractivity contribution >= 4 is 0 Å². The average Bonchev–Trinajstić information content (AvgIpc) is 2.76. The normalized spacial score (nSPS) is 12.6. The predicted molar refractivity (Wildman–Crippen MR) is 66.3 cm³/mol. The molecule has 4 nitrogen and oxygen atoms in total. The molecule has 1 unspecified atom stereocenters. The molecule has 17 heavy (non-hydrogen) atoms. The van der Waals surface area contributed by atoms with Gasteiger partial charge in [-0.15, -0.1) is 0 Å². The van der Waals surface area contributed by atoms with Gasteiger partial charge in [-0.3, -0.25) is 4.68 Å². The molecule has 1 aromatic carbocycles. The molecule has 0 bridgehead atoms. The van der Waals surface area contributed by atoms with Crippen LogP contribution in [0.3, 0.4) is 0 Å². The van der Waals surface area contributed by atoms with Crippen LogP contribution in [0.1, 0.15) is 17.4 Å². The maximum Gasteiger partial charge on any atom is 0.0914 e.